The number of para-hydroxylation sites is 1. The molecule has 1 aliphatic rings. The fourth-order valence-corrected chi connectivity index (χ4v) is 3.71. The molecule has 24 heavy (non-hydrogen) atoms. The van der Waals surface area contributed by atoms with Gasteiger partial charge in [-0.2, -0.15) is 5.10 Å². The molecule has 0 saturated carbocycles. The summed E-state index contributed by atoms with van der Waals surface area (Å²) in [6.45, 7) is 3.27. The van der Waals surface area contributed by atoms with Crippen molar-refractivity contribution in [3.8, 4) is 0 Å². The molecule has 5 nitrogen and oxygen atoms in total. The van der Waals surface area contributed by atoms with Crippen LogP contribution >= 0.6 is 0 Å². The van der Waals surface area contributed by atoms with Gasteiger partial charge < -0.3 is 10.2 Å². The van der Waals surface area contributed by atoms with Crippen molar-refractivity contribution < 1.29 is 4.79 Å². The number of piperidine rings is 1. The summed E-state index contributed by atoms with van der Waals surface area (Å²) in [4.78, 5) is 15.2. The lowest BCUT2D eigenvalue weighted by Gasteiger charge is -2.37. The quantitative estimate of drug-likeness (QED) is 0.918. The highest BCUT2D eigenvalue weighted by Gasteiger charge is 2.27. The van der Waals surface area contributed by atoms with Crippen molar-refractivity contribution in [2.45, 2.75) is 51.1 Å². The number of carbonyl (C=O) groups is 1. The molecule has 2 atom stereocenters. The van der Waals surface area contributed by atoms with Gasteiger partial charge in [0.25, 0.3) is 5.91 Å². The van der Waals surface area contributed by atoms with Crippen molar-refractivity contribution >= 4 is 16.8 Å². The number of fused-ring (bicyclic) bond motifs is 1. The Kier molecular flexibility index (Phi) is 5.19. The van der Waals surface area contributed by atoms with Gasteiger partial charge in [-0.05, 0) is 32.4 Å². The van der Waals surface area contributed by atoms with Crippen molar-refractivity contribution in [1.82, 2.24) is 20.0 Å². The number of carbonyl (C=O) groups excluding carboxylic acids is 1. The van der Waals surface area contributed by atoms with E-state index in [1.165, 1.54) is 19.3 Å². The molecule has 130 valence electrons. The van der Waals surface area contributed by atoms with Crippen LogP contribution in [0.15, 0.2) is 24.3 Å². The molecule has 2 unspecified atom stereocenters. The van der Waals surface area contributed by atoms with Gasteiger partial charge in [-0.25, -0.2) is 0 Å². The molecule has 0 radical (unpaired) electrons. The smallest absolute Gasteiger partial charge is 0.272 e. The SMILES string of the molecule is CCCCC1CC(NC(=O)c2nn(C)c3ccccc23)CCN1C. The molecular formula is C19H28N4O. The molecule has 1 aliphatic heterocycles. The second-order valence-corrected chi connectivity index (χ2v) is 6.96. The third-order valence-corrected chi connectivity index (χ3v) is 5.21. The maximum absolute atomic E-state index is 12.7. The number of nitrogens with one attached hydrogen (secondary N) is 1. The average Bonchev–Trinajstić information content (AvgIpc) is 2.93. The normalized spacial score (nSPS) is 22.0. The van der Waals surface area contributed by atoms with E-state index < -0.39 is 0 Å². The van der Waals surface area contributed by atoms with Gasteiger partial charge in [-0.1, -0.05) is 38.0 Å². The van der Waals surface area contributed by atoms with E-state index in [-0.39, 0.29) is 11.9 Å². The van der Waals surface area contributed by atoms with E-state index in [1.54, 1.807) is 4.68 Å². The Morgan fingerprint density at radius 1 is 1.33 bits per heavy atom. The maximum Gasteiger partial charge on any atom is 0.272 e. The molecule has 0 aliphatic carbocycles. The highest BCUT2D eigenvalue weighted by molar-refractivity contribution is 6.04. The molecule has 0 bridgehead atoms. The van der Waals surface area contributed by atoms with Crippen LogP contribution in [0.3, 0.4) is 0 Å². The van der Waals surface area contributed by atoms with Gasteiger partial charge in [0, 0.05) is 31.1 Å². The molecule has 2 heterocycles. The largest absolute Gasteiger partial charge is 0.348 e. The summed E-state index contributed by atoms with van der Waals surface area (Å²) in [5, 5.41) is 8.58. The van der Waals surface area contributed by atoms with Gasteiger partial charge in [-0.15, -0.1) is 0 Å². The summed E-state index contributed by atoms with van der Waals surface area (Å²) in [7, 11) is 4.08. The first kappa shape index (κ1) is 17.0. The molecule has 1 aromatic carbocycles. The zero-order valence-corrected chi connectivity index (χ0v) is 15.0. The molecule has 2 aromatic rings. The predicted molar refractivity (Wildman–Crippen MR) is 97.1 cm³/mol. The number of nitrogens with zero attached hydrogens (tertiary/aromatic N) is 3. The molecule has 0 spiro atoms. The Bertz CT molecular complexity index is 708. The van der Waals surface area contributed by atoms with Crippen LogP contribution in [0.25, 0.3) is 10.9 Å². The minimum absolute atomic E-state index is 0.0457. The molecule has 1 saturated heterocycles. The highest BCUT2D eigenvalue weighted by atomic mass is 16.2. The number of hydrogen-bond donors (Lipinski definition) is 1. The molecule has 5 heteroatoms. The van der Waals surface area contributed by atoms with Gasteiger partial charge in [-0.3, -0.25) is 9.48 Å². The lowest BCUT2D eigenvalue weighted by molar-refractivity contribution is 0.0878. The number of likely N-dealkylation sites (tertiary alicyclic amines) is 1. The first-order valence-electron chi connectivity index (χ1n) is 9.03. The van der Waals surface area contributed by atoms with E-state index in [0.29, 0.717) is 11.7 Å². The lowest BCUT2D eigenvalue weighted by atomic mass is 9.94. The van der Waals surface area contributed by atoms with E-state index in [0.717, 1.165) is 30.3 Å². The van der Waals surface area contributed by atoms with Gasteiger partial charge in [0.05, 0.1) is 5.52 Å². The van der Waals surface area contributed by atoms with Crippen molar-refractivity contribution in [3.05, 3.63) is 30.0 Å². The number of aromatic nitrogens is 2. The van der Waals surface area contributed by atoms with E-state index >= 15 is 0 Å². The standard InChI is InChI=1S/C19H28N4O/c1-4-5-8-15-13-14(11-12-22(15)2)20-19(24)18-16-9-6-7-10-17(16)23(3)21-18/h6-7,9-10,14-15H,4-5,8,11-13H2,1-3H3,(H,20,24). The molecule has 1 amide bonds. The van der Waals surface area contributed by atoms with Gasteiger partial charge in [0.2, 0.25) is 0 Å². The Morgan fingerprint density at radius 2 is 2.12 bits per heavy atom. The van der Waals surface area contributed by atoms with Gasteiger partial charge >= 0.3 is 0 Å². The highest BCUT2D eigenvalue weighted by Crippen LogP contribution is 2.22. The summed E-state index contributed by atoms with van der Waals surface area (Å²) in [5.74, 6) is -0.0457. The lowest BCUT2D eigenvalue weighted by Crippen LogP contribution is -2.48. The van der Waals surface area contributed by atoms with Gasteiger partial charge in [0.15, 0.2) is 5.69 Å². The average molecular weight is 328 g/mol. The number of unbranched alkanes of at least 4 members (excludes halogenated alkanes) is 1. The van der Waals surface area contributed by atoms with Crippen LogP contribution in [-0.2, 0) is 7.05 Å². The Labute approximate surface area is 144 Å². The second-order valence-electron chi connectivity index (χ2n) is 6.96. The van der Waals surface area contributed by atoms with Crippen molar-refractivity contribution in [2.75, 3.05) is 13.6 Å². The maximum atomic E-state index is 12.7. The number of amides is 1. The monoisotopic (exact) mass is 328 g/mol. The number of rotatable bonds is 5. The van der Waals surface area contributed by atoms with Crippen LogP contribution in [0.4, 0.5) is 0 Å². The van der Waals surface area contributed by atoms with Crippen LogP contribution in [0.1, 0.15) is 49.5 Å². The molecular weight excluding hydrogens is 300 g/mol. The number of benzene rings is 1. The molecule has 1 aromatic heterocycles. The zero-order valence-electron chi connectivity index (χ0n) is 15.0. The minimum atomic E-state index is -0.0457. The van der Waals surface area contributed by atoms with Crippen LogP contribution in [0, 0.1) is 0 Å². The van der Waals surface area contributed by atoms with Crippen molar-refractivity contribution in [2.24, 2.45) is 7.05 Å². The Hall–Kier alpha value is -1.88. The summed E-state index contributed by atoms with van der Waals surface area (Å²) in [6, 6.07) is 8.71. The third-order valence-electron chi connectivity index (χ3n) is 5.21. The van der Waals surface area contributed by atoms with Crippen molar-refractivity contribution in [1.29, 1.82) is 0 Å². The predicted octanol–water partition coefficient (Wildman–Crippen LogP) is 2.96. The Balaban J connectivity index is 1.70. The van der Waals surface area contributed by atoms with E-state index in [1.807, 2.05) is 31.3 Å². The molecule has 1 N–H and O–H groups in total. The van der Waals surface area contributed by atoms with Crippen LogP contribution in [-0.4, -0.2) is 46.3 Å². The fourth-order valence-electron chi connectivity index (χ4n) is 3.71. The summed E-state index contributed by atoms with van der Waals surface area (Å²) in [5.41, 5.74) is 1.53. The van der Waals surface area contributed by atoms with Crippen LogP contribution < -0.4 is 5.32 Å². The fraction of sp³-hybridized carbons (Fsp3) is 0.579. The summed E-state index contributed by atoms with van der Waals surface area (Å²) in [6.07, 6.45) is 5.73. The van der Waals surface area contributed by atoms with Gasteiger partial charge in [0.1, 0.15) is 0 Å². The third kappa shape index (κ3) is 3.46. The van der Waals surface area contributed by atoms with E-state index in [9.17, 15) is 4.79 Å². The Morgan fingerprint density at radius 3 is 2.92 bits per heavy atom. The summed E-state index contributed by atoms with van der Waals surface area (Å²) >= 11 is 0. The zero-order chi connectivity index (χ0) is 17.1. The van der Waals surface area contributed by atoms with Crippen LogP contribution in [0.5, 0.6) is 0 Å². The number of aryl methyl sites for hydroxylation is 1. The first-order chi connectivity index (χ1) is 11.6. The second kappa shape index (κ2) is 7.34. The first-order valence-corrected chi connectivity index (χ1v) is 9.03. The molecule has 1 fully saturated rings. The van der Waals surface area contributed by atoms with Crippen molar-refractivity contribution in [3.63, 3.8) is 0 Å². The van der Waals surface area contributed by atoms with E-state index in [2.05, 4.69) is 29.3 Å². The van der Waals surface area contributed by atoms with Crippen LogP contribution in [0.2, 0.25) is 0 Å². The number of hydrogen-bond acceptors (Lipinski definition) is 3. The molecule has 3 rings (SSSR count). The van der Waals surface area contributed by atoms with E-state index in [4.69, 9.17) is 0 Å². The topological polar surface area (TPSA) is 50.2 Å². The minimum Gasteiger partial charge on any atom is -0.348 e. The summed E-state index contributed by atoms with van der Waals surface area (Å²) < 4.78 is 1.78.